The Labute approximate surface area is 197 Å². The number of hydrogen-bond acceptors (Lipinski definition) is 3. The van der Waals surface area contributed by atoms with Crippen molar-refractivity contribution in [2.75, 3.05) is 19.7 Å². The zero-order chi connectivity index (χ0) is 20.2. The molecule has 1 aliphatic carbocycles. The molecule has 0 aliphatic heterocycles. The second-order valence-corrected chi connectivity index (χ2v) is 7.56. The van der Waals surface area contributed by atoms with Gasteiger partial charge in [-0.25, -0.2) is 9.98 Å². The Morgan fingerprint density at radius 3 is 2.63 bits per heavy atom. The van der Waals surface area contributed by atoms with Crippen molar-refractivity contribution in [2.24, 2.45) is 4.99 Å². The molecule has 1 aromatic heterocycles. The van der Waals surface area contributed by atoms with Crippen LogP contribution in [0.4, 0.5) is 0 Å². The van der Waals surface area contributed by atoms with Crippen LogP contribution in [0.15, 0.2) is 47.7 Å². The smallest absolute Gasteiger partial charge is 0.191 e. The molecule has 0 spiro atoms. The van der Waals surface area contributed by atoms with E-state index in [2.05, 4.69) is 51.4 Å². The van der Waals surface area contributed by atoms with Crippen molar-refractivity contribution in [1.82, 2.24) is 20.2 Å². The fourth-order valence-electron chi connectivity index (χ4n) is 3.71. The molecule has 1 aromatic carbocycles. The average Bonchev–Trinajstić information content (AvgIpc) is 3.01. The van der Waals surface area contributed by atoms with E-state index in [1.165, 1.54) is 44.1 Å². The molecule has 7 heteroatoms. The fourth-order valence-corrected chi connectivity index (χ4v) is 3.71. The van der Waals surface area contributed by atoms with Crippen molar-refractivity contribution >= 4 is 29.9 Å². The molecule has 0 unspecified atom stereocenters. The third kappa shape index (κ3) is 8.63. The van der Waals surface area contributed by atoms with E-state index in [0.29, 0.717) is 12.6 Å². The van der Waals surface area contributed by atoms with Gasteiger partial charge in [-0.1, -0.05) is 56.0 Å². The largest absolute Gasteiger partial charge is 0.376 e. The first kappa shape index (κ1) is 24.7. The molecule has 0 atom stereocenters. The molecule has 3 rings (SSSR count). The molecule has 2 N–H and O–H groups in total. The summed E-state index contributed by atoms with van der Waals surface area (Å²) in [6.07, 6.45) is 12.0. The number of halogens is 1. The van der Waals surface area contributed by atoms with Crippen LogP contribution < -0.4 is 10.6 Å². The molecule has 2 aromatic rings. The normalized spacial score (nSPS) is 15.3. The third-order valence-corrected chi connectivity index (χ3v) is 5.27. The van der Waals surface area contributed by atoms with Crippen LogP contribution in [0.2, 0.25) is 0 Å². The number of guanidine groups is 1. The number of nitrogens with zero attached hydrogens (tertiary/aromatic N) is 3. The van der Waals surface area contributed by atoms with E-state index >= 15 is 0 Å². The summed E-state index contributed by atoms with van der Waals surface area (Å²) in [7, 11) is 0. The van der Waals surface area contributed by atoms with E-state index < -0.39 is 0 Å². The van der Waals surface area contributed by atoms with E-state index in [1.807, 2.05) is 18.5 Å². The predicted octanol–water partition coefficient (Wildman–Crippen LogP) is 4.34. The Morgan fingerprint density at radius 1 is 1.13 bits per heavy atom. The lowest BCUT2D eigenvalue weighted by molar-refractivity contribution is 0.0468. The minimum Gasteiger partial charge on any atom is -0.376 e. The summed E-state index contributed by atoms with van der Waals surface area (Å²) in [6, 6.07) is 10.4. The number of rotatable bonds is 9. The predicted molar refractivity (Wildman–Crippen MR) is 133 cm³/mol. The first-order valence-corrected chi connectivity index (χ1v) is 11.0. The molecule has 1 aliphatic rings. The molecule has 30 heavy (non-hydrogen) atoms. The Balaban J connectivity index is 0.00000320. The third-order valence-electron chi connectivity index (χ3n) is 5.27. The maximum atomic E-state index is 6.07. The summed E-state index contributed by atoms with van der Waals surface area (Å²) in [4.78, 5) is 9.20. The number of aromatic nitrogens is 2. The van der Waals surface area contributed by atoms with Gasteiger partial charge in [-0.15, -0.1) is 24.0 Å². The van der Waals surface area contributed by atoms with E-state index in [9.17, 15) is 0 Å². The highest BCUT2D eigenvalue weighted by molar-refractivity contribution is 14.0. The number of imidazole rings is 1. The van der Waals surface area contributed by atoms with Gasteiger partial charge >= 0.3 is 0 Å². The maximum absolute atomic E-state index is 6.07. The Bertz CT molecular complexity index is 726. The minimum absolute atomic E-state index is 0. The Hall–Kier alpha value is -1.61. The van der Waals surface area contributed by atoms with Crippen LogP contribution in [0.5, 0.6) is 0 Å². The summed E-state index contributed by atoms with van der Waals surface area (Å²) >= 11 is 0. The van der Waals surface area contributed by atoms with Gasteiger partial charge in [-0.05, 0) is 25.3 Å². The number of hydrogen-bond donors (Lipinski definition) is 2. The molecule has 1 heterocycles. The molecule has 0 saturated heterocycles. The molecule has 0 radical (unpaired) electrons. The van der Waals surface area contributed by atoms with Gasteiger partial charge in [-0.2, -0.15) is 0 Å². The van der Waals surface area contributed by atoms with Gasteiger partial charge in [0.05, 0.1) is 12.7 Å². The first-order chi connectivity index (χ1) is 14.3. The van der Waals surface area contributed by atoms with E-state index in [1.54, 1.807) is 0 Å². The molecule has 1 fully saturated rings. The van der Waals surface area contributed by atoms with Crippen molar-refractivity contribution in [1.29, 1.82) is 0 Å². The van der Waals surface area contributed by atoms with Crippen LogP contribution in [0.1, 0.15) is 56.8 Å². The number of nitrogens with one attached hydrogen (secondary N) is 2. The fraction of sp³-hybridized carbons (Fsp3) is 0.565. The quantitative estimate of drug-likeness (QED) is 0.168. The number of benzene rings is 1. The van der Waals surface area contributed by atoms with Crippen LogP contribution in [-0.4, -0.2) is 41.3 Å². The zero-order valence-corrected chi connectivity index (χ0v) is 20.4. The molecule has 0 amide bonds. The maximum Gasteiger partial charge on any atom is 0.191 e. The highest BCUT2D eigenvalue weighted by Gasteiger charge is 2.12. The van der Waals surface area contributed by atoms with Gasteiger partial charge in [0.15, 0.2) is 5.96 Å². The van der Waals surface area contributed by atoms with E-state index in [4.69, 9.17) is 9.73 Å². The average molecular weight is 525 g/mol. The van der Waals surface area contributed by atoms with Crippen LogP contribution >= 0.6 is 24.0 Å². The number of ether oxygens (including phenoxy) is 1. The molecule has 166 valence electrons. The molecular weight excluding hydrogens is 489 g/mol. The molecule has 0 bridgehead atoms. The van der Waals surface area contributed by atoms with Crippen molar-refractivity contribution in [3.63, 3.8) is 0 Å². The molecular formula is C23H36IN5O. The highest BCUT2D eigenvalue weighted by atomic mass is 127. The van der Waals surface area contributed by atoms with Crippen molar-refractivity contribution in [2.45, 2.75) is 64.6 Å². The second-order valence-electron chi connectivity index (χ2n) is 7.56. The number of aliphatic imine (C=N–C) groups is 1. The van der Waals surface area contributed by atoms with Crippen molar-refractivity contribution in [3.8, 4) is 0 Å². The highest BCUT2D eigenvalue weighted by Crippen LogP contribution is 2.19. The summed E-state index contributed by atoms with van der Waals surface area (Å²) in [5.74, 6) is 1.77. The van der Waals surface area contributed by atoms with E-state index in [-0.39, 0.29) is 24.0 Å². The van der Waals surface area contributed by atoms with Gasteiger partial charge in [0.1, 0.15) is 12.4 Å². The lowest BCUT2D eigenvalue weighted by atomic mass is 10.1. The SMILES string of the molecule is CCNC(=NCc1nccn1Cc1ccccc1)NCCOC1CCCCCC1.I. The summed E-state index contributed by atoms with van der Waals surface area (Å²) in [5, 5.41) is 6.69. The monoisotopic (exact) mass is 525 g/mol. The lowest BCUT2D eigenvalue weighted by Gasteiger charge is -2.16. The van der Waals surface area contributed by atoms with Crippen molar-refractivity contribution < 1.29 is 4.74 Å². The lowest BCUT2D eigenvalue weighted by Crippen LogP contribution is -2.39. The summed E-state index contributed by atoms with van der Waals surface area (Å²) < 4.78 is 8.22. The van der Waals surface area contributed by atoms with Crippen LogP contribution in [0.25, 0.3) is 0 Å². The zero-order valence-electron chi connectivity index (χ0n) is 18.1. The van der Waals surface area contributed by atoms with Gasteiger partial charge in [0.25, 0.3) is 0 Å². The van der Waals surface area contributed by atoms with Gasteiger partial charge in [-0.3, -0.25) is 0 Å². The second kappa shape index (κ2) is 14.4. The van der Waals surface area contributed by atoms with Crippen molar-refractivity contribution in [3.05, 3.63) is 54.1 Å². The Kier molecular flexibility index (Phi) is 11.8. The van der Waals surface area contributed by atoms with Crippen LogP contribution in [0.3, 0.4) is 0 Å². The topological polar surface area (TPSA) is 63.5 Å². The van der Waals surface area contributed by atoms with Gasteiger partial charge in [0, 0.05) is 32.0 Å². The van der Waals surface area contributed by atoms with E-state index in [0.717, 1.165) is 38.0 Å². The molecule has 1 saturated carbocycles. The van der Waals surface area contributed by atoms with Gasteiger partial charge in [0.2, 0.25) is 0 Å². The summed E-state index contributed by atoms with van der Waals surface area (Å²) in [6.45, 7) is 5.74. The molecule has 6 nitrogen and oxygen atoms in total. The Morgan fingerprint density at radius 2 is 1.90 bits per heavy atom. The van der Waals surface area contributed by atoms with Gasteiger partial charge < -0.3 is 19.9 Å². The van der Waals surface area contributed by atoms with Crippen LogP contribution in [-0.2, 0) is 17.8 Å². The summed E-state index contributed by atoms with van der Waals surface area (Å²) in [5.41, 5.74) is 1.26. The van der Waals surface area contributed by atoms with Crippen LogP contribution in [0, 0.1) is 0 Å². The minimum atomic E-state index is 0. The standard InChI is InChI=1S/C23H35N5O.HI/c1-2-24-23(26-15-17-29-21-12-8-3-4-9-13-21)27-18-22-25-14-16-28(22)19-20-10-6-5-7-11-20;/h5-7,10-11,14,16,21H,2-4,8-9,12-13,15,17-19H2,1H3,(H2,24,26,27);1H. The first-order valence-electron chi connectivity index (χ1n) is 11.0.